The van der Waals surface area contributed by atoms with Crippen molar-refractivity contribution in [1.82, 2.24) is 5.32 Å². The molecule has 26 heavy (non-hydrogen) atoms. The highest BCUT2D eigenvalue weighted by molar-refractivity contribution is 9.10. The number of amides is 2. The van der Waals surface area contributed by atoms with Crippen LogP contribution >= 0.6 is 27.5 Å². The van der Waals surface area contributed by atoms with Crippen molar-refractivity contribution in [3.63, 3.8) is 0 Å². The van der Waals surface area contributed by atoms with Crippen molar-refractivity contribution in [2.24, 2.45) is 5.92 Å². The van der Waals surface area contributed by atoms with E-state index in [1.165, 1.54) is 7.11 Å². The van der Waals surface area contributed by atoms with Gasteiger partial charge in [0.25, 0.3) is 5.91 Å². The fraction of sp³-hybridized carbons (Fsp3) is 0.263. The van der Waals surface area contributed by atoms with Crippen LogP contribution in [0.3, 0.4) is 0 Å². The molecule has 0 saturated carbocycles. The Balaban J connectivity index is 2.14. The number of anilines is 1. The SMILES string of the molecule is COc1ccc(NC(=O)C(NC(=O)c2ccccc2Br)C(C)C)cc1Cl. The standard InChI is InChI=1S/C19H20BrClN2O3/c1-11(2)17(23-18(24)13-6-4-5-7-14(13)20)19(25)22-12-8-9-16(26-3)15(21)10-12/h4-11,17H,1-3H3,(H,22,25)(H,23,24). The smallest absolute Gasteiger partial charge is 0.253 e. The molecular formula is C19H20BrClN2O3. The Morgan fingerprint density at radius 1 is 1.15 bits per heavy atom. The molecule has 2 amide bonds. The highest BCUT2D eigenvalue weighted by Crippen LogP contribution is 2.27. The van der Waals surface area contributed by atoms with E-state index in [0.29, 0.717) is 26.5 Å². The summed E-state index contributed by atoms with van der Waals surface area (Å²) in [5, 5.41) is 5.97. The van der Waals surface area contributed by atoms with E-state index in [1.54, 1.807) is 36.4 Å². The number of carbonyl (C=O) groups is 2. The number of hydrogen-bond acceptors (Lipinski definition) is 3. The molecule has 0 heterocycles. The van der Waals surface area contributed by atoms with E-state index in [9.17, 15) is 9.59 Å². The molecule has 0 aliphatic carbocycles. The summed E-state index contributed by atoms with van der Waals surface area (Å²) < 4.78 is 5.77. The number of nitrogens with one attached hydrogen (secondary N) is 2. The molecule has 1 unspecified atom stereocenters. The van der Waals surface area contributed by atoms with Crippen molar-refractivity contribution >= 4 is 45.0 Å². The van der Waals surface area contributed by atoms with E-state index in [2.05, 4.69) is 26.6 Å². The van der Waals surface area contributed by atoms with Crippen molar-refractivity contribution in [2.75, 3.05) is 12.4 Å². The van der Waals surface area contributed by atoms with E-state index < -0.39 is 6.04 Å². The summed E-state index contributed by atoms with van der Waals surface area (Å²) in [5.74, 6) is -0.219. The van der Waals surface area contributed by atoms with Gasteiger partial charge in [-0.05, 0) is 52.2 Å². The summed E-state index contributed by atoms with van der Waals surface area (Å²) in [5.41, 5.74) is 1.00. The molecule has 138 valence electrons. The van der Waals surface area contributed by atoms with Gasteiger partial charge in [0.05, 0.1) is 17.7 Å². The largest absolute Gasteiger partial charge is 0.495 e. The van der Waals surface area contributed by atoms with Gasteiger partial charge in [-0.25, -0.2) is 0 Å². The van der Waals surface area contributed by atoms with Gasteiger partial charge in [0, 0.05) is 10.2 Å². The van der Waals surface area contributed by atoms with Gasteiger partial charge < -0.3 is 15.4 Å². The van der Waals surface area contributed by atoms with E-state index in [1.807, 2.05) is 19.9 Å². The van der Waals surface area contributed by atoms with Gasteiger partial charge in [-0.15, -0.1) is 0 Å². The van der Waals surface area contributed by atoms with Gasteiger partial charge in [-0.1, -0.05) is 37.6 Å². The zero-order valence-corrected chi connectivity index (χ0v) is 17.0. The molecular weight excluding hydrogens is 420 g/mol. The van der Waals surface area contributed by atoms with E-state index >= 15 is 0 Å². The molecule has 0 aliphatic rings. The third kappa shape index (κ3) is 4.99. The van der Waals surface area contributed by atoms with Crippen molar-refractivity contribution in [2.45, 2.75) is 19.9 Å². The first kappa shape index (κ1) is 20.3. The van der Waals surface area contributed by atoms with Gasteiger partial charge in [-0.3, -0.25) is 9.59 Å². The fourth-order valence-corrected chi connectivity index (χ4v) is 3.09. The van der Waals surface area contributed by atoms with E-state index in [0.717, 1.165) is 0 Å². The molecule has 0 saturated heterocycles. The summed E-state index contributed by atoms with van der Waals surface area (Å²) >= 11 is 9.43. The van der Waals surface area contributed by atoms with Crippen LogP contribution in [-0.2, 0) is 4.79 Å². The molecule has 0 aliphatic heterocycles. The molecule has 0 bridgehead atoms. The summed E-state index contributed by atoms with van der Waals surface area (Å²) in [6.45, 7) is 3.73. The molecule has 2 rings (SSSR count). The Kier molecular flexibility index (Phi) is 7.06. The highest BCUT2D eigenvalue weighted by Gasteiger charge is 2.25. The van der Waals surface area contributed by atoms with Crippen molar-refractivity contribution in [3.8, 4) is 5.75 Å². The maximum Gasteiger partial charge on any atom is 0.253 e. The number of halogens is 2. The fourth-order valence-electron chi connectivity index (χ4n) is 2.36. The third-order valence-electron chi connectivity index (χ3n) is 3.77. The average molecular weight is 440 g/mol. The molecule has 7 heteroatoms. The molecule has 2 aromatic rings. The van der Waals surface area contributed by atoms with Crippen molar-refractivity contribution in [1.29, 1.82) is 0 Å². The van der Waals surface area contributed by atoms with Crippen LogP contribution in [0, 0.1) is 5.92 Å². The van der Waals surface area contributed by atoms with Gasteiger partial charge >= 0.3 is 0 Å². The molecule has 1 atom stereocenters. The number of methoxy groups -OCH3 is 1. The number of rotatable bonds is 6. The maximum absolute atomic E-state index is 12.7. The first-order valence-corrected chi connectivity index (χ1v) is 9.20. The molecule has 5 nitrogen and oxygen atoms in total. The molecule has 2 aromatic carbocycles. The Labute approximate surface area is 166 Å². The topological polar surface area (TPSA) is 67.4 Å². The molecule has 0 fully saturated rings. The second-order valence-electron chi connectivity index (χ2n) is 6.01. The van der Waals surface area contributed by atoms with Crippen LogP contribution in [0.4, 0.5) is 5.69 Å². The number of ether oxygens (including phenoxy) is 1. The van der Waals surface area contributed by atoms with Gasteiger partial charge in [0.15, 0.2) is 0 Å². The van der Waals surface area contributed by atoms with Crippen LogP contribution in [-0.4, -0.2) is 25.0 Å². The zero-order chi connectivity index (χ0) is 19.3. The highest BCUT2D eigenvalue weighted by atomic mass is 79.9. The lowest BCUT2D eigenvalue weighted by molar-refractivity contribution is -0.118. The summed E-state index contributed by atoms with van der Waals surface area (Å²) in [7, 11) is 1.52. The van der Waals surface area contributed by atoms with Gasteiger partial charge in [0.1, 0.15) is 11.8 Å². The summed E-state index contributed by atoms with van der Waals surface area (Å²) in [6, 6.07) is 11.3. The second-order valence-corrected chi connectivity index (χ2v) is 7.28. The van der Waals surface area contributed by atoms with E-state index in [4.69, 9.17) is 16.3 Å². The van der Waals surface area contributed by atoms with Gasteiger partial charge in [-0.2, -0.15) is 0 Å². The lowest BCUT2D eigenvalue weighted by Gasteiger charge is -2.22. The van der Waals surface area contributed by atoms with Crippen LogP contribution in [0.5, 0.6) is 5.75 Å². The summed E-state index contributed by atoms with van der Waals surface area (Å²) in [4.78, 5) is 25.2. The van der Waals surface area contributed by atoms with Crippen LogP contribution < -0.4 is 15.4 Å². The van der Waals surface area contributed by atoms with Crippen LogP contribution in [0.25, 0.3) is 0 Å². The lowest BCUT2D eigenvalue weighted by Crippen LogP contribution is -2.47. The molecule has 0 spiro atoms. The Morgan fingerprint density at radius 2 is 1.85 bits per heavy atom. The van der Waals surface area contributed by atoms with Crippen molar-refractivity contribution < 1.29 is 14.3 Å². The predicted molar refractivity (Wildman–Crippen MR) is 107 cm³/mol. The minimum atomic E-state index is -0.699. The maximum atomic E-state index is 12.7. The van der Waals surface area contributed by atoms with Gasteiger partial charge in [0.2, 0.25) is 5.91 Å². The van der Waals surface area contributed by atoms with Crippen LogP contribution in [0.15, 0.2) is 46.9 Å². The number of benzene rings is 2. The molecule has 2 N–H and O–H groups in total. The zero-order valence-electron chi connectivity index (χ0n) is 14.7. The number of carbonyl (C=O) groups excluding carboxylic acids is 2. The quantitative estimate of drug-likeness (QED) is 0.696. The normalized spacial score (nSPS) is 11.8. The summed E-state index contributed by atoms with van der Waals surface area (Å²) in [6.07, 6.45) is 0. The van der Waals surface area contributed by atoms with Crippen molar-refractivity contribution in [3.05, 3.63) is 57.5 Å². The second kappa shape index (κ2) is 9.05. The first-order valence-electron chi connectivity index (χ1n) is 8.03. The minimum absolute atomic E-state index is 0.102. The van der Waals surface area contributed by atoms with Crippen LogP contribution in [0.1, 0.15) is 24.2 Å². The van der Waals surface area contributed by atoms with Crippen LogP contribution in [0.2, 0.25) is 5.02 Å². The number of hydrogen-bond donors (Lipinski definition) is 2. The Bertz CT molecular complexity index is 811. The monoisotopic (exact) mass is 438 g/mol. The first-order chi connectivity index (χ1) is 12.3. The minimum Gasteiger partial charge on any atom is -0.495 e. The molecule has 0 aromatic heterocycles. The Hall–Kier alpha value is -2.05. The third-order valence-corrected chi connectivity index (χ3v) is 4.76. The Morgan fingerprint density at radius 3 is 2.42 bits per heavy atom. The lowest BCUT2D eigenvalue weighted by atomic mass is 10.0. The molecule has 0 radical (unpaired) electrons. The predicted octanol–water partition coefficient (Wildman–Crippen LogP) is 4.50. The average Bonchev–Trinajstić information content (AvgIpc) is 2.59. The van der Waals surface area contributed by atoms with E-state index in [-0.39, 0.29) is 17.7 Å².